The number of hydrogen-bond acceptors (Lipinski definition) is 8. The van der Waals surface area contributed by atoms with Crippen LogP contribution in [-0.2, 0) is 19.1 Å². The maximum Gasteiger partial charge on any atom is 0.309 e. The molecule has 2 N–H and O–H groups in total. The SMILES string of the molecule is C/C(=C\c1csc(C)n1)[C@@H]1COC(C)(C)C/C=C/[C@H](C)[C@H](O)[C@@H](C)C(=O)C(C)(C)[C@@H](O)CC(=O)O1. The standard InChI is InChI=1S/C27H41NO6S/c1-16-10-9-11-26(5,6)33-14-21(17(2)12-20-15-35-19(4)28-20)34-23(30)13-22(29)27(7,8)25(32)18(3)24(16)31/h9-10,12,15-16,18,21-22,24,29,31H,11,13-14H2,1-8H3/b10-9+,17-12+/t16-,18+,21-,22-,24-/m0/s1. The van der Waals surface area contributed by atoms with Crippen LogP contribution in [0.15, 0.2) is 23.1 Å². The molecule has 0 radical (unpaired) electrons. The topological polar surface area (TPSA) is 106 Å². The number of aryl methyl sites for hydroxylation is 1. The van der Waals surface area contributed by atoms with Gasteiger partial charge in [-0.05, 0) is 45.8 Å². The number of Topliss-reactive ketones (excluding diaryl/α,β-unsaturated/α-hetero) is 1. The first-order valence-corrected chi connectivity index (χ1v) is 13.0. The van der Waals surface area contributed by atoms with Crippen molar-refractivity contribution in [2.75, 3.05) is 6.61 Å². The first kappa shape index (κ1) is 29.4. The third kappa shape index (κ3) is 8.07. The Balaban J connectivity index is 2.37. The van der Waals surface area contributed by atoms with E-state index in [1.807, 2.05) is 58.2 Å². The van der Waals surface area contributed by atoms with Crippen molar-refractivity contribution < 1.29 is 29.3 Å². The van der Waals surface area contributed by atoms with E-state index in [0.717, 1.165) is 16.3 Å². The lowest BCUT2D eigenvalue weighted by Gasteiger charge is -2.34. The van der Waals surface area contributed by atoms with E-state index in [9.17, 15) is 19.8 Å². The summed E-state index contributed by atoms with van der Waals surface area (Å²) in [4.78, 5) is 30.5. The van der Waals surface area contributed by atoms with Crippen molar-refractivity contribution in [3.8, 4) is 0 Å². The molecule has 1 aliphatic rings. The second kappa shape index (κ2) is 11.9. The third-order valence-corrected chi connectivity index (χ3v) is 7.55. The molecule has 0 bridgehead atoms. The van der Waals surface area contributed by atoms with E-state index >= 15 is 0 Å². The van der Waals surface area contributed by atoms with Crippen LogP contribution in [0.3, 0.4) is 0 Å². The zero-order chi connectivity index (χ0) is 26.6. The van der Waals surface area contributed by atoms with Gasteiger partial charge in [0.1, 0.15) is 11.9 Å². The minimum Gasteiger partial charge on any atom is -0.455 e. The molecule has 0 saturated carbocycles. The Labute approximate surface area is 213 Å². The van der Waals surface area contributed by atoms with Crippen molar-refractivity contribution in [3.63, 3.8) is 0 Å². The monoisotopic (exact) mass is 507 g/mol. The number of carbonyl (C=O) groups is 2. The van der Waals surface area contributed by atoms with Crippen LogP contribution in [-0.4, -0.2) is 57.5 Å². The quantitative estimate of drug-likeness (QED) is 0.448. The van der Waals surface area contributed by atoms with E-state index < -0.39 is 41.2 Å². The fraction of sp³-hybridized carbons (Fsp3) is 0.667. The lowest BCUT2D eigenvalue weighted by molar-refractivity contribution is -0.158. The van der Waals surface area contributed by atoms with Gasteiger partial charge in [-0.3, -0.25) is 9.59 Å². The number of aromatic nitrogens is 1. The van der Waals surface area contributed by atoms with Gasteiger partial charge >= 0.3 is 5.97 Å². The van der Waals surface area contributed by atoms with Gasteiger partial charge < -0.3 is 19.7 Å². The van der Waals surface area contributed by atoms with E-state index in [4.69, 9.17) is 9.47 Å². The van der Waals surface area contributed by atoms with Crippen LogP contribution in [0.5, 0.6) is 0 Å². The minimum atomic E-state index is -1.26. The van der Waals surface area contributed by atoms with Crippen LogP contribution < -0.4 is 0 Å². The summed E-state index contributed by atoms with van der Waals surface area (Å²) in [5.41, 5.74) is -0.241. The number of carbonyl (C=O) groups excluding carboxylic acids is 2. The molecule has 2 heterocycles. The Bertz CT molecular complexity index is 947. The predicted molar refractivity (Wildman–Crippen MR) is 138 cm³/mol. The molecule has 5 atom stereocenters. The van der Waals surface area contributed by atoms with E-state index in [1.54, 1.807) is 20.8 Å². The molecule has 0 aromatic carbocycles. The van der Waals surface area contributed by atoms with Gasteiger partial charge in [-0.15, -0.1) is 11.3 Å². The molecule has 0 saturated heterocycles. The molecular formula is C27H41NO6S. The summed E-state index contributed by atoms with van der Waals surface area (Å²) in [5.74, 6) is -1.91. The number of rotatable bonds is 2. The molecule has 0 spiro atoms. The number of ether oxygens (including phenoxy) is 2. The van der Waals surface area contributed by atoms with Gasteiger partial charge in [0, 0.05) is 17.2 Å². The summed E-state index contributed by atoms with van der Waals surface area (Å²) in [6.07, 6.45) is 3.07. The van der Waals surface area contributed by atoms with Crippen LogP contribution in [0.1, 0.15) is 72.0 Å². The largest absolute Gasteiger partial charge is 0.455 e. The van der Waals surface area contributed by atoms with E-state index in [-0.39, 0.29) is 24.7 Å². The first-order valence-electron chi connectivity index (χ1n) is 12.1. The molecule has 1 aliphatic heterocycles. The maximum absolute atomic E-state index is 13.2. The number of aliphatic hydroxyl groups excluding tert-OH is 2. The lowest BCUT2D eigenvalue weighted by Crippen LogP contribution is -2.45. The summed E-state index contributed by atoms with van der Waals surface area (Å²) in [6, 6.07) is 0. The van der Waals surface area contributed by atoms with Gasteiger partial charge in [0.05, 0.1) is 47.0 Å². The molecule has 7 nitrogen and oxygen atoms in total. The molecule has 35 heavy (non-hydrogen) atoms. The van der Waals surface area contributed by atoms with Gasteiger partial charge in [-0.2, -0.15) is 0 Å². The molecule has 196 valence electrons. The van der Waals surface area contributed by atoms with Crippen LogP contribution >= 0.6 is 11.3 Å². The highest BCUT2D eigenvalue weighted by atomic mass is 32.1. The number of ketones is 1. The average Bonchev–Trinajstić information content (AvgIpc) is 3.18. The number of hydrogen-bond donors (Lipinski definition) is 2. The number of nitrogens with zero attached hydrogens (tertiary/aromatic N) is 1. The number of esters is 1. The van der Waals surface area contributed by atoms with Crippen molar-refractivity contribution in [3.05, 3.63) is 33.8 Å². The van der Waals surface area contributed by atoms with Crippen LogP contribution in [0.4, 0.5) is 0 Å². The zero-order valence-electron chi connectivity index (χ0n) is 22.2. The number of aliphatic hydroxyl groups is 2. The highest BCUT2D eigenvalue weighted by Crippen LogP contribution is 2.32. The van der Waals surface area contributed by atoms with Gasteiger partial charge in [-0.1, -0.05) is 39.8 Å². The van der Waals surface area contributed by atoms with Crippen LogP contribution in [0.25, 0.3) is 6.08 Å². The van der Waals surface area contributed by atoms with Crippen molar-refractivity contribution in [1.29, 1.82) is 0 Å². The average molecular weight is 508 g/mol. The molecule has 0 unspecified atom stereocenters. The minimum absolute atomic E-state index is 0.131. The molecule has 0 fully saturated rings. The smallest absolute Gasteiger partial charge is 0.309 e. The first-order chi connectivity index (χ1) is 16.1. The Morgan fingerprint density at radius 3 is 2.46 bits per heavy atom. The Hall–Kier alpha value is -1.87. The Kier molecular flexibility index (Phi) is 9.99. The molecule has 2 rings (SSSR count). The van der Waals surface area contributed by atoms with Crippen molar-refractivity contribution in [2.45, 2.75) is 92.1 Å². The highest BCUT2D eigenvalue weighted by molar-refractivity contribution is 7.09. The number of thiazole rings is 1. The molecule has 8 heteroatoms. The summed E-state index contributed by atoms with van der Waals surface area (Å²) in [6.45, 7) is 14.5. The summed E-state index contributed by atoms with van der Waals surface area (Å²) in [5, 5.41) is 24.5. The third-order valence-electron chi connectivity index (χ3n) is 6.76. The maximum atomic E-state index is 13.2. The van der Waals surface area contributed by atoms with Crippen molar-refractivity contribution >= 4 is 29.2 Å². The van der Waals surface area contributed by atoms with Gasteiger partial charge in [-0.25, -0.2) is 4.98 Å². The second-order valence-electron chi connectivity index (χ2n) is 10.8. The fourth-order valence-electron chi connectivity index (χ4n) is 4.05. The van der Waals surface area contributed by atoms with Crippen LogP contribution in [0.2, 0.25) is 0 Å². The van der Waals surface area contributed by atoms with E-state index in [0.29, 0.717) is 6.42 Å². The van der Waals surface area contributed by atoms with E-state index in [1.165, 1.54) is 11.3 Å². The van der Waals surface area contributed by atoms with Gasteiger partial charge in [0.25, 0.3) is 0 Å². The summed E-state index contributed by atoms with van der Waals surface area (Å²) in [7, 11) is 0. The van der Waals surface area contributed by atoms with E-state index in [2.05, 4.69) is 4.98 Å². The summed E-state index contributed by atoms with van der Waals surface area (Å²) < 4.78 is 11.9. The van der Waals surface area contributed by atoms with Crippen LogP contribution in [0, 0.1) is 24.2 Å². The molecule has 1 aromatic heterocycles. The number of cyclic esters (lactones) is 1. The highest BCUT2D eigenvalue weighted by Gasteiger charge is 2.42. The normalized spacial score (nSPS) is 32.2. The molecule has 1 aromatic rings. The molecular weight excluding hydrogens is 466 g/mol. The Morgan fingerprint density at radius 2 is 1.86 bits per heavy atom. The zero-order valence-corrected chi connectivity index (χ0v) is 23.0. The molecule has 0 aliphatic carbocycles. The van der Waals surface area contributed by atoms with Gasteiger partial charge in [0.15, 0.2) is 0 Å². The lowest BCUT2D eigenvalue weighted by atomic mass is 9.73. The van der Waals surface area contributed by atoms with Gasteiger partial charge in [0.2, 0.25) is 0 Å². The molecule has 0 amide bonds. The fourth-order valence-corrected chi connectivity index (χ4v) is 4.62. The Morgan fingerprint density at radius 1 is 1.20 bits per heavy atom. The van der Waals surface area contributed by atoms with Crippen molar-refractivity contribution in [2.24, 2.45) is 17.3 Å². The van der Waals surface area contributed by atoms with Crippen molar-refractivity contribution in [1.82, 2.24) is 4.98 Å². The predicted octanol–water partition coefficient (Wildman–Crippen LogP) is 4.50. The second-order valence-corrected chi connectivity index (χ2v) is 11.9. The summed E-state index contributed by atoms with van der Waals surface area (Å²) >= 11 is 1.54.